The number of ketones is 1. The first-order chi connectivity index (χ1) is 7.00. The number of benzene rings is 1. The molecule has 78 valence electrons. The standard InChI is InChI=1S/C10H7BrO4/c11-7-3-1-6(2-4-7)8(12)5-9(13)10(14)15/h1-5,13H,(H,14,15)/b9-5-. The third-order valence-electron chi connectivity index (χ3n) is 1.62. The molecule has 0 aliphatic rings. The average Bonchev–Trinajstić information content (AvgIpc) is 2.18. The second kappa shape index (κ2) is 4.75. The molecule has 0 aliphatic carbocycles. The third kappa shape index (κ3) is 3.21. The maximum atomic E-state index is 11.4. The molecule has 0 bridgehead atoms. The van der Waals surface area contributed by atoms with Gasteiger partial charge in [0.15, 0.2) is 5.78 Å². The highest BCUT2D eigenvalue weighted by Gasteiger charge is 2.08. The molecule has 0 amide bonds. The lowest BCUT2D eigenvalue weighted by atomic mass is 10.1. The maximum Gasteiger partial charge on any atom is 0.371 e. The van der Waals surface area contributed by atoms with Crippen LogP contribution >= 0.6 is 15.9 Å². The van der Waals surface area contributed by atoms with Crippen molar-refractivity contribution in [3.63, 3.8) is 0 Å². The minimum Gasteiger partial charge on any atom is -0.502 e. The number of carbonyl (C=O) groups is 2. The fourth-order valence-corrected chi connectivity index (χ4v) is 1.15. The Morgan fingerprint density at radius 3 is 2.13 bits per heavy atom. The Balaban J connectivity index is 2.91. The Bertz CT molecular complexity index is 420. The zero-order valence-corrected chi connectivity index (χ0v) is 9.06. The van der Waals surface area contributed by atoms with Crippen LogP contribution in [0.5, 0.6) is 0 Å². The van der Waals surface area contributed by atoms with Crippen LogP contribution in [0.25, 0.3) is 0 Å². The van der Waals surface area contributed by atoms with Gasteiger partial charge in [0.05, 0.1) is 0 Å². The third-order valence-corrected chi connectivity index (χ3v) is 2.14. The molecule has 0 aliphatic heterocycles. The molecule has 0 unspecified atom stereocenters. The van der Waals surface area contributed by atoms with Crippen LogP contribution in [0.15, 0.2) is 40.6 Å². The Hall–Kier alpha value is -1.62. The summed E-state index contributed by atoms with van der Waals surface area (Å²) in [5.74, 6) is -3.05. The van der Waals surface area contributed by atoms with Crippen molar-refractivity contribution in [1.82, 2.24) is 0 Å². The van der Waals surface area contributed by atoms with Crippen molar-refractivity contribution in [2.45, 2.75) is 0 Å². The molecule has 2 N–H and O–H groups in total. The number of hydrogen-bond donors (Lipinski definition) is 2. The van der Waals surface area contributed by atoms with E-state index < -0.39 is 17.5 Å². The van der Waals surface area contributed by atoms with Gasteiger partial charge in [0.2, 0.25) is 5.76 Å². The first-order valence-electron chi connectivity index (χ1n) is 3.94. The fourth-order valence-electron chi connectivity index (χ4n) is 0.883. The van der Waals surface area contributed by atoms with E-state index in [9.17, 15) is 9.59 Å². The maximum absolute atomic E-state index is 11.4. The number of aliphatic hydroxyl groups excluding tert-OH is 1. The molecule has 0 heterocycles. The van der Waals surface area contributed by atoms with Gasteiger partial charge in [-0.3, -0.25) is 4.79 Å². The number of rotatable bonds is 3. The van der Waals surface area contributed by atoms with E-state index in [1.165, 1.54) is 12.1 Å². The summed E-state index contributed by atoms with van der Waals surface area (Å²) >= 11 is 3.20. The fraction of sp³-hybridized carbons (Fsp3) is 0. The van der Waals surface area contributed by atoms with Gasteiger partial charge in [-0.1, -0.05) is 15.9 Å². The predicted octanol–water partition coefficient (Wildman–Crippen LogP) is 2.16. The summed E-state index contributed by atoms with van der Waals surface area (Å²) in [4.78, 5) is 21.6. The monoisotopic (exact) mass is 270 g/mol. The van der Waals surface area contributed by atoms with Crippen LogP contribution in [0.4, 0.5) is 0 Å². The summed E-state index contributed by atoms with van der Waals surface area (Å²) in [5, 5.41) is 17.2. The van der Waals surface area contributed by atoms with E-state index in [-0.39, 0.29) is 0 Å². The van der Waals surface area contributed by atoms with Gasteiger partial charge < -0.3 is 10.2 Å². The summed E-state index contributed by atoms with van der Waals surface area (Å²) in [7, 11) is 0. The van der Waals surface area contributed by atoms with Crippen LogP contribution < -0.4 is 0 Å². The van der Waals surface area contributed by atoms with Crippen molar-refractivity contribution in [3.8, 4) is 0 Å². The van der Waals surface area contributed by atoms with E-state index in [1.54, 1.807) is 12.1 Å². The largest absolute Gasteiger partial charge is 0.502 e. The second-order valence-corrected chi connectivity index (χ2v) is 3.62. The number of halogens is 1. The first-order valence-corrected chi connectivity index (χ1v) is 4.74. The van der Waals surface area contributed by atoms with Crippen molar-refractivity contribution >= 4 is 27.7 Å². The molecule has 1 aromatic carbocycles. The molecule has 0 saturated heterocycles. The van der Waals surface area contributed by atoms with Crippen molar-refractivity contribution in [2.24, 2.45) is 0 Å². The number of carboxylic acids is 1. The second-order valence-electron chi connectivity index (χ2n) is 2.71. The van der Waals surface area contributed by atoms with Gasteiger partial charge in [-0.25, -0.2) is 4.79 Å². The molecule has 0 aromatic heterocycles. The van der Waals surface area contributed by atoms with Gasteiger partial charge >= 0.3 is 5.97 Å². The number of aliphatic carboxylic acids is 1. The number of allylic oxidation sites excluding steroid dienone is 1. The van der Waals surface area contributed by atoms with Crippen LogP contribution in [0, 0.1) is 0 Å². The first kappa shape index (κ1) is 11.5. The molecule has 0 fully saturated rings. The summed E-state index contributed by atoms with van der Waals surface area (Å²) in [6.45, 7) is 0. The number of carboxylic acid groups (broad SMARTS) is 1. The summed E-state index contributed by atoms with van der Waals surface area (Å²) in [6, 6.07) is 6.36. The Labute approximate surface area is 94.0 Å². The van der Waals surface area contributed by atoms with Crippen LogP contribution in [-0.2, 0) is 4.79 Å². The Kier molecular flexibility index (Phi) is 3.62. The zero-order chi connectivity index (χ0) is 11.4. The van der Waals surface area contributed by atoms with Gasteiger partial charge in [0.1, 0.15) is 0 Å². The minimum absolute atomic E-state index is 0.311. The normalized spacial score (nSPS) is 11.1. The molecule has 0 saturated carbocycles. The molecular formula is C10H7BrO4. The van der Waals surface area contributed by atoms with Gasteiger partial charge in [-0.05, 0) is 24.3 Å². The quantitative estimate of drug-likeness (QED) is 0.502. The average molecular weight is 271 g/mol. The zero-order valence-electron chi connectivity index (χ0n) is 7.48. The number of aliphatic hydroxyl groups is 1. The molecule has 15 heavy (non-hydrogen) atoms. The minimum atomic E-state index is -1.53. The van der Waals surface area contributed by atoms with E-state index in [1.807, 2.05) is 0 Å². The Morgan fingerprint density at radius 2 is 1.67 bits per heavy atom. The van der Waals surface area contributed by atoms with E-state index in [4.69, 9.17) is 10.2 Å². The van der Waals surface area contributed by atoms with Gasteiger partial charge in [-0.2, -0.15) is 0 Å². The van der Waals surface area contributed by atoms with Crippen molar-refractivity contribution in [2.75, 3.05) is 0 Å². The molecule has 4 nitrogen and oxygen atoms in total. The van der Waals surface area contributed by atoms with Crippen LogP contribution in [0.1, 0.15) is 10.4 Å². The molecule has 1 rings (SSSR count). The molecular weight excluding hydrogens is 264 g/mol. The number of carbonyl (C=O) groups excluding carboxylic acids is 1. The lowest BCUT2D eigenvalue weighted by Gasteiger charge is -1.96. The van der Waals surface area contributed by atoms with Crippen molar-refractivity contribution in [1.29, 1.82) is 0 Å². The van der Waals surface area contributed by atoms with Gasteiger partial charge in [0, 0.05) is 16.1 Å². The SMILES string of the molecule is O=C(O)/C(O)=C/C(=O)c1ccc(Br)cc1. The lowest BCUT2D eigenvalue weighted by Crippen LogP contribution is -2.03. The molecule has 0 atom stereocenters. The van der Waals surface area contributed by atoms with Crippen molar-refractivity contribution in [3.05, 3.63) is 46.1 Å². The van der Waals surface area contributed by atoms with E-state index in [0.717, 1.165) is 4.47 Å². The Morgan fingerprint density at radius 1 is 1.13 bits per heavy atom. The van der Waals surface area contributed by atoms with E-state index in [0.29, 0.717) is 11.6 Å². The molecule has 0 radical (unpaired) electrons. The topological polar surface area (TPSA) is 74.6 Å². The van der Waals surface area contributed by atoms with Crippen molar-refractivity contribution < 1.29 is 19.8 Å². The summed E-state index contributed by atoms with van der Waals surface area (Å²) < 4.78 is 0.811. The molecule has 5 heteroatoms. The van der Waals surface area contributed by atoms with Crippen LogP contribution in [0.2, 0.25) is 0 Å². The van der Waals surface area contributed by atoms with Gasteiger partial charge in [0.25, 0.3) is 0 Å². The van der Waals surface area contributed by atoms with E-state index >= 15 is 0 Å². The highest BCUT2D eigenvalue weighted by molar-refractivity contribution is 9.10. The van der Waals surface area contributed by atoms with Crippen LogP contribution in [-0.4, -0.2) is 22.0 Å². The number of hydrogen-bond acceptors (Lipinski definition) is 3. The summed E-state index contributed by atoms with van der Waals surface area (Å²) in [5.41, 5.74) is 0.311. The smallest absolute Gasteiger partial charge is 0.371 e. The predicted molar refractivity (Wildman–Crippen MR) is 56.8 cm³/mol. The molecule has 0 spiro atoms. The van der Waals surface area contributed by atoms with E-state index in [2.05, 4.69) is 15.9 Å². The van der Waals surface area contributed by atoms with Crippen LogP contribution in [0.3, 0.4) is 0 Å². The summed E-state index contributed by atoms with van der Waals surface area (Å²) in [6.07, 6.45) is 0.672. The molecule has 1 aromatic rings. The lowest BCUT2D eigenvalue weighted by molar-refractivity contribution is -0.135. The highest BCUT2D eigenvalue weighted by Crippen LogP contribution is 2.11. The van der Waals surface area contributed by atoms with Gasteiger partial charge in [-0.15, -0.1) is 0 Å². The highest BCUT2D eigenvalue weighted by atomic mass is 79.9.